The van der Waals surface area contributed by atoms with E-state index in [-0.39, 0.29) is 34.2 Å². The van der Waals surface area contributed by atoms with Crippen molar-refractivity contribution in [2.24, 2.45) is 0 Å². The SMILES string of the molecule is CC1(C)C(=O)N(c2ccc(C#N)c(F)c2)C(=S)N1c1ccc(CNC(=O)c2ccccn2)c(F)c1. The number of benzene rings is 2. The zero-order valence-electron chi connectivity index (χ0n) is 18.8. The summed E-state index contributed by atoms with van der Waals surface area (Å²) in [5.41, 5.74) is -0.411. The third-order valence-corrected chi connectivity index (χ3v) is 6.00. The molecule has 3 aromatic rings. The van der Waals surface area contributed by atoms with Crippen molar-refractivity contribution in [1.82, 2.24) is 10.3 Å². The van der Waals surface area contributed by atoms with Crippen molar-refractivity contribution in [3.05, 3.63) is 89.2 Å². The summed E-state index contributed by atoms with van der Waals surface area (Å²) in [5, 5.41) is 11.6. The molecular weight excluding hydrogens is 472 g/mol. The lowest BCUT2D eigenvalue weighted by Crippen LogP contribution is -2.44. The Morgan fingerprint density at radius 1 is 1.11 bits per heavy atom. The van der Waals surface area contributed by atoms with Gasteiger partial charge < -0.3 is 10.2 Å². The molecule has 35 heavy (non-hydrogen) atoms. The van der Waals surface area contributed by atoms with Crippen LogP contribution in [0.2, 0.25) is 0 Å². The smallest absolute Gasteiger partial charge is 0.270 e. The second-order valence-electron chi connectivity index (χ2n) is 8.27. The van der Waals surface area contributed by atoms with Gasteiger partial charge in [0.05, 0.1) is 11.3 Å². The van der Waals surface area contributed by atoms with Crippen molar-refractivity contribution in [2.45, 2.75) is 25.9 Å². The van der Waals surface area contributed by atoms with E-state index >= 15 is 0 Å². The fraction of sp³-hybridized carbons (Fsp3) is 0.160. The number of nitrogens with one attached hydrogen (secondary N) is 1. The third kappa shape index (κ3) is 4.34. The number of thiocarbonyl (C=S) groups is 1. The van der Waals surface area contributed by atoms with E-state index in [4.69, 9.17) is 17.5 Å². The number of hydrogen-bond donors (Lipinski definition) is 1. The minimum atomic E-state index is -1.19. The number of hydrogen-bond acceptors (Lipinski definition) is 5. The third-order valence-electron chi connectivity index (χ3n) is 5.63. The number of rotatable bonds is 5. The largest absolute Gasteiger partial charge is 0.347 e. The van der Waals surface area contributed by atoms with Gasteiger partial charge in [0.15, 0.2) is 5.11 Å². The maximum Gasteiger partial charge on any atom is 0.270 e. The molecule has 1 aromatic heterocycles. The van der Waals surface area contributed by atoms with Crippen LogP contribution in [0.25, 0.3) is 0 Å². The Hall–Kier alpha value is -4.23. The number of carbonyl (C=O) groups is 2. The van der Waals surface area contributed by atoms with E-state index in [2.05, 4.69) is 10.3 Å². The Morgan fingerprint density at radius 2 is 1.83 bits per heavy atom. The van der Waals surface area contributed by atoms with Crippen LogP contribution in [-0.4, -0.2) is 27.4 Å². The Kier molecular flexibility index (Phi) is 6.28. The van der Waals surface area contributed by atoms with Crippen molar-refractivity contribution in [1.29, 1.82) is 5.26 Å². The van der Waals surface area contributed by atoms with Crippen molar-refractivity contribution < 1.29 is 18.4 Å². The van der Waals surface area contributed by atoms with Crippen LogP contribution in [0.3, 0.4) is 0 Å². The maximum atomic E-state index is 15.0. The topological polar surface area (TPSA) is 89.3 Å². The van der Waals surface area contributed by atoms with Gasteiger partial charge in [-0.2, -0.15) is 5.26 Å². The van der Waals surface area contributed by atoms with Crippen molar-refractivity contribution >= 4 is 40.5 Å². The summed E-state index contributed by atoms with van der Waals surface area (Å²) in [4.78, 5) is 32.0. The molecule has 1 aliphatic heterocycles. The Morgan fingerprint density at radius 3 is 2.46 bits per heavy atom. The fourth-order valence-electron chi connectivity index (χ4n) is 3.77. The number of amides is 2. The minimum Gasteiger partial charge on any atom is -0.347 e. The molecule has 1 fully saturated rings. The van der Waals surface area contributed by atoms with Gasteiger partial charge in [0.1, 0.15) is 28.9 Å². The first-order valence-corrected chi connectivity index (χ1v) is 10.9. The molecule has 0 unspecified atom stereocenters. The Labute approximate surface area is 205 Å². The number of anilines is 2. The highest BCUT2D eigenvalue weighted by atomic mass is 32.1. The fourth-order valence-corrected chi connectivity index (χ4v) is 4.29. The molecule has 0 radical (unpaired) electrons. The van der Waals surface area contributed by atoms with Gasteiger partial charge in [0.25, 0.3) is 11.8 Å². The average Bonchev–Trinajstić information content (AvgIpc) is 3.01. The lowest BCUT2D eigenvalue weighted by atomic mass is 10.0. The molecule has 176 valence electrons. The van der Waals surface area contributed by atoms with Crippen LogP contribution in [0.4, 0.5) is 20.2 Å². The van der Waals surface area contributed by atoms with Crippen molar-refractivity contribution in [3.63, 3.8) is 0 Å². The zero-order chi connectivity index (χ0) is 25.3. The second-order valence-corrected chi connectivity index (χ2v) is 8.63. The summed E-state index contributed by atoms with van der Waals surface area (Å²) in [6, 6.07) is 14.7. The first-order chi connectivity index (χ1) is 16.6. The summed E-state index contributed by atoms with van der Waals surface area (Å²) in [6.07, 6.45) is 1.49. The van der Waals surface area contributed by atoms with Crippen LogP contribution in [-0.2, 0) is 11.3 Å². The number of pyridine rings is 1. The Bertz CT molecular complexity index is 1390. The molecule has 0 saturated carbocycles. The zero-order valence-corrected chi connectivity index (χ0v) is 19.6. The summed E-state index contributed by atoms with van der Waals surface area (Å²) in [6.45, 7) is 3.19. The lowest BCUT2D eigenvalue weighted by Gasteiger charge is -2.29. The van der Waals surface area contributed by atoms with Crippen LogP contribution in [0.5, 0.6) is 0 Å². The van der Waals surface area contributed by atoms with Crippen LogP contribution in [0, 0.1) is 23.0 Å². The highest BCUT2D eigenvalue weighted by Crippen LogP contribution is 2.37. The molecule has 2 aromatic carbocycles. The molecule has 4 rings (SSSR count). The predicted molar refractivity (Wildman–Crippen MR) is 130 cm³/mol. The van der Waals surface area contributed by atoms with E-state index in [0.29, 0.717) is 5.69 Å². The molecule has 1 saturated heterocycles. The molecule has 0 bridgehead atoms. The van der Waals surface area contributed by atoms with E-state index < -0.39 is 29.0 Å². The van der Waals surface area contributed by atoms with Crippen LogP contribution in [0.1, 0.15) is 35.5 Å². The van der Waals surface area contributed by atoms with Gasteiger partial charge in [-0.3, -0.25) is 19.5 Å². The Balaban J connectivity index is 1.58. The number of halogens is 2. The first-order valence-electron chi connectivity index (χ1n) is 10.5. The van der Waals surface area contributed by atoms with E-state index in [1.807, 2.05) is 0 Å². The molecule has 0 spiro atoms. The average molecular weight is 492 g/mol. The number of aromatic nitrogens is 1. The summed E-state index contributed by atoms with van der Waals surface area (Å²) >= 11 is 5.53. The van der Waals surface area contributed by atoms with Crippen LogP contribution in [0.15, 0.2) is 60.8 Å². The lowest BCUT2D eigenvalue weighted by molar-refractivity contribution is -0.120. The summed E-state index contributed by atoms with van der Waals surface area (Å²) < 4.78 is 29.2. The molecule has 2 amide bonds. The van der Waals surface area contributed by atoms with Crippen LogP contribution >= 0.6 is 12.2 Å². The highest BCUT2D eigenvalue weighted by Gasteiger charge is 2.50. The molecule has 1 N–H and O–H groups in total. The van der Waals surface area contributed by atoms with E-state index in [1.54, 1.807) is 44.2 Å². The normalized spacial score (nSPS) is 14.7. The molecule has 7 nitrogen and oxygen atoms in total. The molecule has 10 heteroatoms. The van der Waals surface area contributed by atoms with Gasteiger partial charge in [0, 0.05) is 24.0 Å². The molecule has 0 atom stereocenters. The van der Waals surface area contributed by atoms with E-state index in [1.165, 1.54) is 40.3 Å². The van der Waals surface area contributed by atoms with Crippen LogP contribution < -0.4 is 15.1 Å². The predicted octanol–water partition coefficient (Wildman–Crippen LogP) is 4.08. The summed E-state index contributed by atoms with van der Waals surface area (Å²) in [5.74, 6) is -2.25. The van der Waals surface area contributed by atoms with Gasteiger partial charge in [-0.25, -0.2) is 8.78 Å². The van der Waals surface area contributed by atoms with Gasteiger partial charge in [-0.1, -0.05) is 12.1 Å². The first kappa shape index (κ1) is 23.9. The maximum absolute atomic E-state index is 15.0. The van der Waals surface area contributed by atoms with Gasteiger partial charge >= 0.3 is 0 Å². The van der Waals surface area contributed by atoms with Gasteiger partial charge in [-0.15, -0.1) is 0 Å². The van der Waals surface area contributed by atoms with E-state index in [9.17, 15) is 18.4 Å². The van der Waals surface area contributed by atoms with Gasteiger partial charge in [-0.05, 0) is 68.5 Å². The number of nitrogens with zero attached hydrogens (tertiary/aromatic N) is 4. The van der Waals surface area contributed by atoms with Crippen molar-refractivity contribution in [3.8, 4) is 6.07 Å². The highest BCUT2D eigenvalue weighted by molar-refractivity contribution is 7.81. The van der Waals surface area contributed by atoms with Gasteiger partial charge in [0.2, 0.25) is 0 Å². The standard InChI is InChI=1S/C25H19F2N5O2S/c1-25(2)23(34)31(17-8-6-15(13-28)19(26)11-17)24(35)32(25)18-9-7-16(20(27)12-18)14-30-22(33)21-5-3-4-10-29-21/h3-12H,14H2,1-2H3,(H,30,33). The molecule has 2 heterocycles. The molecular formula is C25H19F2N5O2S. The molecule has 0 aliphatic carbocycles. The number of carbonyl (C=O) groups excluding carboxylic acids is 2. The molecule has 1 aliphatic rings. The quantitative estimate of drug-likeness (QED) is 0.541. The van der Waals surface area contributed by atoms with Crippen molar-refractivity contribution in [2.75, 3.05) is 9.80 Å². The summed E-state index contributed by atoms with van der Waals surface area (Å²) in [7, 11) is 0. The minimum absolute atomic E-state index is 0.0414. The second kappa shape index (κ2) is 9.19. The van der Waals surface area contributed by atoms with E-state index in [0.717, 1.165) is 6.07 Å². The monoisotopic (exact) mass is 491 g/mol. The number of nitriles is 1.